The fraction of sp³-hybridized carbons (Fsp3) is 0.0870. The summed E-state index contributed by atoms with van der Waals surface area (Å²) in [5.41, 5.74) is 1.16. The number of likely N-dealkylation sites (N-methyl/N-ethyl adjacent to an activating group) is 1. The summed E-state index contributed by atoms with van der Waals surface area (Å²) in [5.74, 6) is -0.284. The molecular formula is C23H16Cl2N2O4S. The average Bonchev–Trinajstić information content (AvgIpc) is 3.32. The van der Waals surface area contributed by atoms with Crippen LogP contribution in [0.15, 0.2) is 68.9 Å². The molecule has 1 amide bonds. The Morgan fingerprint density at radius 2 is 1.88 bits per heavy atom. The third kappa shape index (κ3) is 4.46. The number of hydrogen-bond donors (Lipinski definition) is 1. The SMILES string of the molecule is CCN1C(=O)/C(=C\c2ccc(-c3c(Cl)cccc3Cl)o2)SC1=Nc1cccc(C(=O)O)c1. The number of carboxylic acid groups (broad SMARTS) is 1. The molecule has 32 heavy (non-hydrogen) atoms. The fourth-order valence-electron chi connectivity index (χ4n) is 3.12. The number of amidine groups is 1. The first kappa shape index (κ1) is 22.2. The van der Waals surface area contributed by atoms with Crippen molar-refractivity contribution in [2.24, 2.45) is 4.99 Å². The molecule has 6 nitrogen and oxygen atoms in total. The first-order chi connectivity index (χ1) is 15.4. The lowest BCUT2D eigenvalue weighted by Gasteiger charge is -2.12. The quantitative estimate of drug-likeness (QED) is 0.412. The molecule has 0 atom stereocenters. The smallest absolute Gasteiger partial charge is 0.335 e. The minimum Gasteiger partial charge on any atom is -0.478 e. The molecule has 9 heteroatoms. The number of carboxylic acids is 1. The number of carbonyl (C=O) groups excluding carboxylic acids is 1. The predicted octanol–water partition coefficient (Wildman–Crippen LogP) is 6.58. The molecule has 0 saturated carbocycles. The number of halogens is 2. The number of hydrogen-bond acceptors (Lipinski definition) is 5. The van der Waals surface area contributed by atoms with Gasteiger partial charge in [0.1, 0.15) is 11.5 Å². The highest BCUT2D eigenvalue weighted by Crippen LogP contribution is 2.38. The maximum Gasteiger partial charge on any atom is 0.335 e. The first-order valence-electron chi connectivity index (χ1n) is 9.55. The van der Waals surface area contributed by atoms with E-state index in [-0.39, 0.29) is 11.5 Å². The molecule has 3 aromatic rings. The second kappa shape index (κ2) is 9.24. The maximum atomic E-state index is 12.9. The van der Waals surface area contributed by atoms with Crippen LogP contribution in [0.5, 0.6) is 0 Å². The topological polar surface area (TPSA) is 83.1 Å². The van der Waals surface area contributed by atoms with Crippen molar-refractivity contribution in [2.45, 2.75) is 6.92 Å². The number of carbonyl (C=O) groups is 2. The average molecular weight is 487 g/mol. The molecular weight excluding hydrogens is 471 g/mol. The Balaban J connectivity index is 1.64. The van der Waals surface area contributed by atoms with Gasteiger partial charge < -0.3 is 9.52 Å². The normalized spacial score (nSPS) is 16.3. The Morgan fingerprint density at radius 1 is 1.16 bits per heavy atom. The molecule has 0 bridgehead atoms. The van der Waals surface area contributed by atoms with Gasteiger partial charge in [0.2, 0.25) is 0 Å². The van der Waals surface area contributed by atoms with E-state index in [1.807, 2.05) is 6.92 Å². The lowest BCUT2D eigenvalue weighted by Crippen LogP contribution is -2.28. The van der Waals surface area contributed by atoms with Crippen LogP contribution in [0, 0.1) is 0 Å². The highest BCUT2D eigenvalue weighted by atomic mass is 35.5. The lowest BCUT2D eigenvalue weighted by atomic mass is 10.2. The van der Waals surface area contributed by atoms with Gasteiger partial charge >= 0.3 is 5.97 Å². The van der Waals surface area contributed by atoms with E-state index in [4.69, 9.17) is 27.6 Å². The molecule has 1 aromatic heterocycles. The minimum absolute atomic E-state index is 0.126. The largest absolute Gasteiger partial charge is 0.478 e. The van der Waals surface area contributed by atoms with Crippen LogP contribution in [0.25, 0.3) is 17.4 Å². The van der Waals surface area contributed by atoms with E-state index in [1.54, 1.807) is 48.5 Å². The van der Waals surface area contributed by atoms with Crippen molar-refractivity contribution in [1.82, 2.24) is 4.90 Å². The molecule has 2 heterocycles. The van der Waals surface area contributed by atoms with Gasteiger partial charge in [-0.1, -0.05) is 35.3 Å². The standard InChI is InChI=1S/C23H16Cl2N2O4S/c1-2-27-21(28)19(32-23(27)26-14-6-3-5-13(11-14)22(29)30)12-15-9-10-18(31-15)20-16(24)7-4-8-17(20)25/h3-12H,2H2,1H3,(H,29,30)/b19-12+,26-23?. The van der Waals surface area contributed by atoms with Crippen LogP contribution in [0.4, 0.5) is 5.69 Å². The Morgan fingerprint density at radius 3 is 2.56 bits per heavy atom. The molecule has 162 valence electrons. The summed E-state index contributed by atoms with van der Waals surface area (Å²) in [6.07, 6.45) is 1.64. The molecule has 1 aliphatic heterocycles. The lowest BCUT2D eigenvalue weighted by molar-refractivity contribution is -0.122. The van der Waals surface area contributed by atoms with Crippen LogP contribution in [0.2, 0.25) is 10.0 Å². The molecule has 1 saturated heterocycles. The highest BCUT2D eigenvalue weighted by Gasteiger charge is 2.32. The van der Waals surface area contributed by atoms with Crippen LogP contribution in [-0.2, 0) is 4.79 Å². The van der Waals surface area contributed by atoms with Crippen molar-refractivity contribution in [1.29, 1.82) is 0 Å². The molecule has 2 aromatic carbocycles. The highest BCUT2D eigenvalue weighted by molar-refractivity contribution is 8.18. The van der Waals surface area contributed by atoms with Gasteiger partial charge in [-0.2, -0.15) is 0 Å². The fourth-order valence-corrected chi connectivity index (χ4v) is 4.74. The van der Waals surface area contributed by atoms with Gasteiger partial charge in [0.05, 0.1) is 31.8 Å². The summed E-state index contributed by atoms with van der Waals surface area (Å²) >= 11 is 13.7. The molecule has 0 aliphatic carbocycles. The van der Waals surface area contributed by atoms with E-state index in [9.17, 15) is 14.7 Å². The van der Waals surface area contributed by atoms with Crippen molar-refractivity contribution in [3.05, 3.63) is 80.9 Å². The van der Waals surface area contributed by atoms with Crippen LogP contribution in [0.3, 0.4) is 0 Å². The van der Waals surface area contributed by atoms with Crippen molar-refractivity contribution in [3.63, 3.8) is 0 Å². The van der Waals surface area contributed by atoms with Crippen molar-refractivity contribution in [2.75, 3.05) is 6.54 Å². The van der Waals surface area contributed by atoms with Gasteiger partial charge in [-0.3, -0.25) is 9.69 Å². The van der Waals surface area contributed by atoms with E-state index in [2.05, 4.69) is 4.99 Å². The molecule has 1 fully saturated rings. The maximum absolute atomic E-state index is 12.9. The number of amides is 1. The van der Waals surface area contributed by atoms with Crippen LogP contribution < -0.4 is 0 Å². The summed E-state index contributed by atoms with van der Waals surface area (Å²) in [6, 6.07) is 14.9. The zero-order valence-corrected chi connectivity index (χ0v) is 19.0. The van der Waals surface area contributed by atoms with E-state index in [1.165, 1.54) is 28.8 Å². The number of furan rings is 1. The third-order valence-electron chi connectivity index (χ3n) is 4.63. The number of rotatable bonds is 5. The number of benzene rings is 2. The van der Waals surface area contributed by atoms with Crippen molar-refractivity contribution in [3.8, 4) is 11.3 Å². The first-order valence-corrected chi connectivity index (χ1v) is 11.1. The van der Waals surface area contributed by atoms with Gasteiger partial charge in [0.15, 0.2) is 5.17 Å². The van der Waals surface area contributed by atoms with Crippen LogP contribution in [0.1, 0.15) is 23.0 Å². The van der Waals surface area contributed by atoms with E-state index in [0.717, 1.165) is 0 Å². The molecule has 1 aliphatic rings. The second-order valence-corrected chi connectivity index (χ2v) is 8.53. The van der Waals surface area contributed by atoms with Crippen molar-refractivity contribution >= 4 is 63.8 Å². The summed E-state index contributed by atoms with van der Waals surface area (Å²) in [7, 11) is 0. The zero-order chi connectivity index (χ0) is 22.8. The second-order valence-electron chi connectivity index (χ2n) is 6.71. The van der Waals surface area contributed by atoms with E-state index >= 15 is 0 Å². The Kier molecular flexibility index (Phi) is 6.41. The molecule has 0 spiro atoms. The van der Waals surface area contributed by atoms with Gasteiger partial charge in [-0.05, 0) is 61.2 Å². The predicted molar refractivity (Wildman–Crippen MR) is 128 cm³/mol. The Hall–Kier alpha value is -3.00. The van der Waals surface area contributed by atoms with Crippen molar-refractivity contribution < 1.29 is 19.1 Å². The molecule has 0 radical (unpaired) electrons. The minimum atomic E-state index is -1.04. The summed E-state index contributed by atoms with van der Waals surface area (Å²) in [5, 5.41) is 10.6. The zero-order valence-electron chi connectivity index (χ0n) is 16.7. The van der Waals surface area contributed by atoms with Crippen LogP contribution in [-0.4, -0.2) is 33.6 Å². The third-order valence-corrected chi connectivity index (χ3v) is 6.27. The van der Waals surface area contributed by atoms with Gasteiger partial charge in [-0.25, -0.2) is 9.79 Å². The molecule has 1 N–H and O–H groups in total. The van der Waals surface area contributed by atoms with Gasteiger partial charge in [0.25, 0.3) is 5.91 Å². The Bertz CT molecular complexity index is 1260. The van der Waals surface area contributed by atoms with Gasteiger partial charge in [-0.15, -0.1) is 0 Å². The van der Waals surface area contributed by atoms with E-state index < -0.39 is 5.97 Å². The summed E-state index contributed by atoms with van der Waals surface area (Å²) in [6.45, 7) is 2.26. The molecule has 0 unspecified atom stereocenters. The molecule has 4 rings (SSSR count). The number of aliphatic imine (C=N–C) groups is 1. The summed E-state index contributed by atoms with van der Waals surface area (Å²) < 4.78 is 5.87. The summed E-state index contributed by atoms with van der Waals surface area (Å²) in [4.78, 5) is 30.5. The van der Waals surface area contributed by atoms with E-state index in [0.29, 0.717) is 49.4 Å². The number of aromatic carboxylic acids is 1. The van der Waals surface area contributed by atoms with Crippen LogP contribution >= 0.6 is 35.0 Å². The number of nitrogens with zero attached hydrogens (tertiary/aromatic N) is 2. The number of thioether (sulfide) groups is 1. The Labute approximate surface area is 198 Å². The monoisotopic (exact) mass is 486 g/mol. The van der Waals surface area contributed by atoms with Gasteiger partial charge in [0, 0.05) is 12.6 Å².